The van der Waals surface area contributed by atoms with Crippen LogP contribution in [-0.4, -0.2) is 25.1 Å². The molecule has 0 spiro atoms. The van der Waals surface area contributed by atoms with Gasteiger partial charge in [-0.05, 0) is 60.9 Å². The summed E-state index contributed by atoms with van der Waals surface area (Å²) < 4.78 is 10.7. The van der Waals surface area contributed by atoms with Gasteiger partial charge in [-0.2, -0.15) is 0 Å². The van der Waals surface area contributed by atoms with Crippen LogP contribution < -0.4 is 10.1 Å². The van der Waals surface area contributed by atoms with Crippen molar-refractivity contribution in [2.24, 2.45) is 0 Å². The van der Waals surface area contributed by atoms with Gasteiger partial charge in [0, 0.05) is 5.69 Å². The maximum absolute atomic E-state index is 12.1. The summed E-state index contributed by atoms with van der Waals surface area (Å²) >= 11 is 0. The van der Waals surface area contributed by atoms with Crippen molar-refractivity contribution in [1.82, 2.24) is 0 Å². The second kappa shape index (κ2) is 10.3. The zero-order chi connectivity index (χ0) is 21.3. The number of esters is 1. The number of ether oxygens (including phenoxy) is 2. The van der Waals surface area contributed by atoms with E-state index in [0.29, 0.717) is 23.6 Å². The van der Waals surface area contributed by atoms with Crippen molar-refractivity contribution >= 4 is 17.6 Å². The Kier molecular flexibility index (Phi) is 7.22. The molecular formula is C25H25NO4. The van der Waals surface area contributed by atoms with Crippen molar-refractivity contribution < 1.29 is 19.1 Å². The molecule has 3 aromatic carbocycles. The molecule has 30 heavy (non-hydrogen) atoms. The van der Waals surface area contributed by atoms with Gasteiger partial charge >= 0.3 is 5.97 Å². The molecule has 0 aliphatic rings. The van der Waals surface area contributed by atoms with Crippen molar-refractivity contribution in [3.63, 3.8) is 0 Å². The van der Waals surface area contributed by atoms with Gasteiger partial charge in [-0.25, -0.2) is 4.79 Å². The van der Waals surface area contributed by atoms with E-state index in [9.17, 15) is 9.59 Å². The topological polar surface area (TPSA) is 64.6 Å². The van der Waals surface area contributed by atoms with E-state index < -0.39 is 0 Å². The molecule has 5 heteroatoms. The van der Waals surface area contributed by atoms with Crippen molar-refractivity contribution in [3.05, 3.63) is 83.9 Å². The fourth-order valence-corrected chi connectivity index (χ4v) is 2.80. The summed E-state index contributed by atoms with van der Waals surface area (Å²) in [7, 11) is 0. The van der Waals surface area contributed by atoms with E-state index >= 15 is 0 Å². The molecule has 1 amide bonds. The molecule has 0 aliphatic heterocycles. The standard InChI is InChI=1S/C25H25NO4/c1-3-16-29-25(28)21-8-12-22(13-9-21)26-24(27)17-30-23-14-10-20(11-15-23)19-6-4-18(2)5-7-19/h4-15H,3,16-17H2,1-2H3,(H,26,27). The lowest BCUT2D eigenvalue weighted by Crippen LogP contribution is -2.20. The Balaban J connectivity index is 1.49. The molecule has 3 aromatic rings. The molecule has 5 nitrogen and oxygen atoms in total. The van der Waals surface area contributed by atoms with Crippen molar-refractivity contribution in [1.29, 1.82) is 0 Å². The average Bonchev–Trinajstić information content (AvgIpc) is 2.77. The molecule has 0 atom stereocenters. The molecule has 154 valence electrons. The van der Waals surface area contributed by atoms with Gasteiger partial charge in [-0.1, -0.05) is 48.9 Å². The highest BCUT2D eigenvalue weighted by atomic mass is 16.5. The smallest absolute Gasteiger partial charge is 0.338 e. The fraction of sp³-hybridized carbons (Fsp3) is 0.200. The summed E-state index contributed by atoms with van der Waals surface area (Å²) in [5, 5.41) is 2.75. The molecule has 0 heterocycles. The molecule has 0 bridgehead atoms. The highest BCUT2D eigenvalue weighted by Crippen LogP contribution is 2.22. The van der Waals surface area contributed by atoms with Crippen LogP contribution in [0.2, 0.25) is 0 Å². The highest BCUT2D eigenvalue weighted by molar-refractivity contribution is 5.93. The number of hydrogen-bond donors (Lipinski definition) is 1. The van der Waals surface area contributed by atoms with Crippen LogP contribution in [-0.2, 0) is 9.53 Å². The number of amides is 1. The predicted octanol–water partition coefficient (Wildman–Crippen LogP) is 5.25. The number of aryl methyl sites for hydroxylation is 1. The van der Waals surface area contributed by atoms with Crippen LogP contribution in [0.15, 0.2) is 72.8 Å². The fourth-order valence-electron chi connectivity index (χ4n) is 2.80. The molecule has 3 rings (SSSR count). The van der Waals surface area contributed by atoms with Gasteiger partial charge < -0.3 is 14.8 Å². The Morgan fingerprint density at radius 2 is 1.43 bits per heavy atom. The van der Waals surface area contributed by atoms with Crippen molar-refractivity contribution in [3.8, 4) is 16.9 Å². The molecule has 0 aliphatic carbocycles. The predicted molar refractivity (Wildman–Crippen MR) is 118 cm³/mol. The number of nitrogens with one attached hydrogen (secondary N) is 1. The second-order valence-electron chi connectivity index (χ2n) is 6.94. The lowest BCUT2D eigenvalue weighted by atomic mass is 10.0. The van der Waals surface area contributed by atoms with Gasteiger partial charge in [0.2, 0.25) is 0 Å². The van der Waals surface area contributed by atoms with Crippen molar-refractivity contribution in [2.45, 2.75) is 20.3 Å². The molecule has 0 aromatic heterocycles. The Hall–Kier alpha value is -3.60. The lowest BCUT2D eigenvalue weighted by molar-refractivity contribution is -0.118. The first-order chi connectivity index (χ1) is 14.5. The number of carbonyl (C=O) groups is 2. The van der Waals surface area contributed by atoms with E-state index in [-0.39, 0.29) is 18.5 Å². The second-order valence-corrected chi connectivity index (χ2v) is 6.94. The van der Waals surface area contributed by atoms with Gasteiger partial charge in [-0.15, -0.1) is 0 Å². The highest BCUT2D eigenvalue weighted by Gasteiger charge is 2.08. The third kappa shape index (κ3) is 5.95. The molecule has 0 unspecified atom stereocenters. The zero-order valence-corrected chi connectivity index (χ0v) is 17.2. The first-order valence-electron chi connectivity index (χ1n) is 9.92. The maximum Gasteiger partial charge on any atom is 0.338 e. The minimum Gasteiger partial charge on any atom is -0.484 e. The SMILES string of the molecule is CCCOC(=O)c1ccc(NC(=O)COc2ccc(-c3ccc(C)cc3)cc2)cc1. The molecule has 1 N–H and O–H groups in total. The van der Waals surface area contributed by atoms with E-state index in [1.54, 1.807) is 24.3 Å². The normalized spacial score (nSPS) is 10.3. The Labute approximate surface area is 176 Å². The van der Waals surface area contributed by atoms with Crippen LogP contribution in [0.25, 0.3) is 11.1 Å². The molecule has 0 radical (unpaired) electrons. The third-order valence-electron chi connectivity index (χ3n) is 4.45. The average molecular weight is 403 g/mol. The Morgan fingerprint density at radius 1 is 0.833 bits per heavy atom. The van der Waals surface area contributed by atoms with E-state index in [2.05, 4.69) is 36.5 Å². The third-order valence-corrected chi connectivity index (χ3v) is 4.45. The number of carbonyl (C=O) groups excluding carboxylic acids is 2. The Morgan fingerprint density at radius 3 is 2.03 bits per heavy atom. The van der Waals surface area contributed by atoms with E-state index in [4.69, 9.17) is 9.47 Å². The lowest BCUT2D eigenvalue weighted by Gasteiger charge is -2.09. The van der Waals surface area contributed by atoms with Gasteiger partial charge in [0.05, 0.1) is 12.2 Å². The molecule has 0 fully saturated rings. The van der Waals surface area contributed by atoms with Crippen LogP contribution in [0.3, 0.4) is 0 Å². The van der Waals surface area contributed by atoms with Gasteiger partial charge in [0.15, 0.2) is 6.61 Å². The van der Waals surface area contributed by atoms with Crippen LogP contribution in [0, 0.1) is 6.92 Å². The quantitative estimate of drug-likeness (QED) is 0.522. The Bertz CT molecular complexity index is 977. The number of hydrogen-bond acceptors (Lipinski definition) is 4. The van der Waals surface area contributed by atoms with Crippen LogP contribution >= 0.6 is 0 Å². The van der Waals surface area contributed by atoms with Crippen LogP contribution in [0.4, 0.5) is 5.69 Å². The zero-order valence-electron chi connectivity index (χ0n) is 17.2. The molecule has 0 saturated carbocycles. The minimum absolute atomic E-state index is 0.107. The first kappa shape index (κ1) is 21.1. The summed E-state index contributed by atoms with van der Waals surface area (Å²) in [5.74, 6) is -0.0268. The number of benzene rings is 3. The summed E-state index contributed by atoms with van der Waals surface area (Å²) in [4.78, 5) is 23.9. The largest absolute Gasteiger partial charge is 0.484 e. The summed E-state index contributed by atoms with van der Waals surface area (Å²) in [6.45, 7) is 4.28. The number of rotatable bonds is 8. The summed E-state index contributed by atoms with van der Waals surface area (Å²) in [6, 6.07) is 22.5. The first-order valence-corrected chi connectivity index (χ1v) is 9.92. The van der Waals surface area contributed by atoms with Gasteiger partial charge in [0.1, 0.15) is 5.75 Å². The van der Waals surface area contributed by atoms with E-state index in [1.807, 2.05) is 31.2 Å². The van der Waals surface area contributed by atoms with Crippen LogP contribution in [0.5, 0.6) is 5.75 Å². The van der Waals surface area contributed by atoms with E-state index in [0.717, 1.165) is 17.5 Å². The maximum atomic E-state index is 12.1. The monoisotopic (exact) mass is 403 g/mol. The van der Waals surface area contributed by atoms with Crippen LogP contribution in [0.1, 0.15) is 29.3 Å². The summed E-state index contributed by atoms with van der Waals surface area (Å²) in [5.41, 5.74) is 4.48. The minimum atomic E-state index is -0.368. The van der Waals surface area contributed by atoms with Gasteiger partial charge in [0.25, 0.3) is 5.91 Å². The van der Waals surface area contributed by atoms with Gasteiger partial charge in [-0.3, -0.25) is 4.79 Å². The van der Waals surface area contributed by atoms with Crippen molar-refractivity contribution in [2.75, 3.05) is 18.5 Å². The number of anilines is 1. The molecular weight excluding hydrogens is 378 g/mol. The summed E-state index contributed by atoms with van der Waals surface area (Å²) in [6.07, 6.45) is 0.772. The molecule has 0 saturated heterocycles. The van der Waals surface area contributed by atoms with E-state index in [1.165, 1.54) is 5.56 Å².